The van der Waals surface area contributed by atoms with E-state index < -0.39 is 11.6 Å². The molecule has 0 radical (unpaired) electrons. The Labute approximate surface area is 200 Å². The number of hydrogen-bond acceptors (Lipinski definition) is 1. The topological polar surface area (TPSA) is 9.23 Å². The zero-order valence-corrected chi connectivity index (χ0v) is 20.9. The van der Waals surface area contributed by atoms with Crippen molar-refractivity contribution in [2.45, 2.75) is 116 Å². The molecule has 33 heavy (non-hydrogen) atoms. The molecule has 1 atom stereocenters. The average Bonchev–Trinajstić information content (AvgIpc) is 2.86. The monoisotopic (exact) mass is 458 g/mol. The minimum absolute atomic E-state index is 0.0200. The highest BCUT2D eigenvalue weighted by Gasteiger charge is 2.30. The first kappa shape index (κ1) is 24.7. The molecule has 2 aliphatic carbocycles. The van der Waals surface area contributed by atoms with Crippen molar-refractivity contribution >= 4 is 6.08 Å². The highest BCUT2D eigenvalue weighted by Crippen LogP contribution is 2.42. The van der Waals surface area contributed by atoms with Crippen LogP contribution in [0.15, 0.2) is 12.1 Å². The van der Waals surface area contributed by atoms with Crippen molar-refractivity contribution in [3.05, 3.63) is 34.9 Å². The molecular weight excluding hydrogens is 414 g/mol. The van der Waals surface area contributed by atoms with E-state index in [-0.39, 0.29) is 11.9 Å². The van der Waals surface area contributed by atoms with Gasteiger partial charge in [-0.3, -0.25) is 0 Å². The number of ether oxygens (including phenoxy) is 1. The van der Waals surface area contributed by atoms with Gasteiger partial charge in [0.05, 0.1) is 6.10 Å². The number of benzene rings is 1. The summed E-state index contributed by atoms with van der Waals surface area (Å²) in [6.07, 6.45) is 22.0. The van der Waals surface area contributed by atoms with E-state index >= 15 is 0 Å². The van der Waals surface area contributed by atoms with Gasteiger partial charge in [-0.15, -0.1) is 0 Å². The Morgan fingerprint density at radius 2 is 1.58 bits per heavy atom. The van der Waals surface area contributed by atoms with Gasteiger partial charge in [-0.1, -0.05) is 58.1 Å². The highest BCUT2D eigenvalue weighted by molar-refractivity contribution is 5.55. The first-order chi connectivity index (χ1) is 16.1. The quantitative estimate of drug-likeness (QED) is 0.353. The molecule has 1 aromatic rings. The van der Waals surface area contributed by atoms with Gasteiger partial charge in [0, 0.05) is 5.56 Å². The number of aryl methyl sites for hydroxylation is 1. The van der Waals surface area contributed by atoms with Gasteiger partial charge in [-0.2, -0.15) is 4.39 Å². The second kappa shape index (κ2) is 11.8. The molecular formula is C30H44F2O. The Kier molecular flexibility index (Phi) is 8.88. The average molecular weight is 459 g/mol. The van der Waals surface area contributed by atoms with Crippen molar-refractivity contribution < 1.29 is 13.5 Å². The van der Waals surface area contributed by atoms with Crippen LogP contribution in [0.1, 0.15) is 115 Å². The lowest BCUT2D eigenvalue weighted by molar-refractivity contribution is 0.151. The van der Waals surface area contributed by atoms with Crippen molar-refractivity contribution in [3.63, 3.8) is 0 Å². The largest absolute Gasteiger partial charge is 0.487 e. The molecule has 3 heteroatoms. The second-order valence-corrected chi connectivity index (χ2v) is 11.1. The summed E-state index contributed by atoms with van der Waals surface area (Å²) in [6.45, 7) is 4.50. The molecule has 0 saturated heterocycles. The molecule has 3 aliphatic rings. The molecule has 0 aromatic heterocycles. The molecule has 0 N–H and O–H groups in total. The highest BCUT2D eigenvalue weighted by atomic mass is 19.2. The van der Waals surface area contributed by atoms with E-state index in [2.05, 4.69) is 19.9 Å². The smallest absolute Gasteiger partial charge is 0.201 e. The lowest BCUT2D eigenvalue weighted by Gasteiger charge is -2.37. The summed E-state index contributed by atoms with van der Waals surface area (Å²) < 4.78 is 35.6. The number of hydrogen-bond donors (Lipinski definition) is 0. The van der Waals surface area contributed by atoms with Gasteiger partial charge in [-0.05, 0) is 99.5 Å². The van der Waals surface area contributed by atoms with Crippen molar-refractivity contribution in [1.29, 1.82) is 0 Å². The van der Waals surface area contributed by atoms with Gasteiger partial charge in [-0.25, -0.2) is 4.39 Å². The summed E-state index contributed by atoms with van der Waals surface area (Å²) in [5.41, 5.74) is 1.21. The first-order valence-corrected chi connectivity index (χ1v) is 13.9. The predicted octanol–water partition coefficient (Wildman–Crippen LogP) is 9.27. The van der Waals surface area contributed by atoms with Crippen LogP contribution in [0.2, 0.25) is 0 Å². The molecule has 1 aliphatic heterocycles. The van der Waals surface area contributed by atoms with Crippen LogP contribution in [0, 0.1) is 35.3 Å². The number of allylic oxidation sites excluding steroid dienone is 1. The fourth-order valence-corrected chi connectivity index (χ4v) is 6.60. The van der Waals surface area contributed by atoms with Gasteiger partial charge in [0.1, 0.15) is 0 Å². The fourth-order valence-electron chi connectivity index (χ4n) is 6.60. The molecule has 184 valence electrons. The molecule has 0 amide bonds. The third-order valence-electron chi connectivity index (χ3n) is 8.92. The van der Waals surface area contributed by atoms with Crippen LogP contribution in [0.3, 0.4) is 0 Å². The minimum atomic E-state index is -0.793. The maximum absolute atomic E-state index is 14.8. The normalized spacial score (nSPS) is 30.2. The molecule has 1 unspecified atom stereocenters. The van der Waals surface area contributed by atoms with Crippen molar-refractivity contribution in [3.8, 4) is 5.75 Å². The van der Waals surface area contributed by atoms with E-state index in [4.69, 9.17) is 4.74 Å². The van der Waals surface area contributed by atoms with Crippen molar-refractivity contribution in [2.75, 3.05) is 0 Å². The molecule has 2 saturated carbocycles. The number of rotatable bonds is 8. The first-order valence-electron chi connectivity index (χ1n) is 13.9. The van der Waals surface area contributed by atoms with Crippen LogP contribution in [0.4, 0.5) is 8.78 Å². The zero-order chi connectivity index (χ0) is 23.2. The van der Waals surface area contributed by atoms with E-state index in [1.165, 1.54) is 57.8 Å². The molecule has 1 aromatic carbocycles. The van der Waals surface area contributed by atoms with Crippen LogP contribution in [0.5, 0.6) is 5.75 Å². The number of unbranched alkanes of at least 4 members (excludes halogenated alkanes) is 2. The van der Waals surface area contributed by atoms with Gasteiger partial charge in [0.25, 0.3) is 0 Å². The molecule has 0 spiro atoms. The Morgan fingerprint density at radius 3 is 2.24 bits per heavy atom. The maximum atomic E-state index is 14.8. The third kappa shape index (κ3) is 6.20. The molecule has 4 rings (SSSR count). The summed E-state index contributed by atoms with van der Waals surface area (Å²) in [5, 5.41) is 0. The Balaban J connectivity index is 1.32. The van der Waals surface area contributed by atoms with Gasteiger partial charge >= 0.3 is 0 Å². The van der Waals surface area contributed by atoms with E-state index in [0.29, 0.717) is 11.5 Å². The molecule has 2 fully saturated rings. The Hall–Kier alpha value is -1.38. The van der Waals surface area contributed by atoms with E-state index in [1.54, 1.807) is 0 Å². The predicted molar refractivity (Wildman–Crippen MR) is 133 cm³/mol. The van der Waals surface area contributed by atoms with Crippen LogP contribution >= 0.6 is 0 Å². The summed E-state index contributed by atoms with van der Waals surface area (Å²) >= 11 is 0. The van der Waals surface area contributed by atoms with Crippen LogP contribution in [-0.4, -0.2) is 6.10 Å². The zero-order valence-electron chi connectivity index (χ0n) is 20.9. The third-order valence-corrected chi connectivity index (χ3v) is 8.92. The fraction of sp³-hybridized carbons (Fsp3) is 0.733. The van der Waals surface area contributed by atoms with E-state index in [0.717, 1.165) is 61.8 Å². The van der Waals surface area contributed by atoms with Crippen LogP contribution in [-0.2, 0) is 6.42 Å². The summed E-state index contributed by atoms with van der Waals surface area (Å²) in [5.74, 6) is 1.88. The summed E-state index contributed by atoms with van der Waals surface area (Å²) in [6, 6.07) is 1.82. The summed E-state index contributed by atoms with van der Waals surface area (Å²) in [7, 11) is 0. The van der Waals surface area contributed by atoms with Crippen LogP contribution in [0.25, 0.3) is 6.08 Å². The van der Waals surface area contributed by atoms with E-state index in [9.17, 15) is 8.78 Å². The standard InChI is InChI=1S/C30H44F2O/c1-3-5-6-7-27-19-18-26-20-25(28(31)29(32)30(26)33-27)17-12-22-10-15-24(16-11-22)23-13-8-21(4-2)9-14-23/h12,17,20-24,27H,3-11,13-16,18-19H2,1-2H3/b17-12+. The Morgan fingerprint density at radius 1 is 0.879 bits per heavy atom. The molecule has 1 heterocycles. The molecule has 0 bridgehead atoms. The second-order valence-electron chi connectivity index (χ2n) is 11.1. The lowest BCUT2D eigenvalue weighted by atomic mass is 9.69. The number of halogens is 2. The van der Waals surface area contributed by atoms with E-state index in [1.807, 2.05) is 12.1 Å². The van der Waals surface area contributed by atoms with Crippen LogP contribution < -0.4 is 4.74 Å². The number of fused-ring (bicyclic) bond motifs is 1. The maximum Gasteiger partial charge on any atom is 0.201 e. The lowest BCUT2D eigenvalue weighted by Crippen LogP contribution is -2.25. The van der Waals surface area contributed by atoms with Gasteiger partial charge in [0.2, 0.25) is 5.82 Å². The Bertz CT molecular complexity index is 785. The van der Waals surface area contributed by atoms with Gasteiger partial charge in [0.15, 0.2) is 11.6 Å². The van der Waals surface area contributed by atoms with Crippen molar-refractivity contribution in [2.24, 2.45) is 23.7 Å². The SMILES string of the molecule is CCCCCC1CCc2cc(/C=C/C3CCC(C4CCC(CC)CC4)CC3)c(F)c(F)c2O1. The molecule has 1 nitrogen and oxygen atoms in total. The van der Waals surface area contributed by atoms with Gasteiger partial charge < -0.3 is 4.74 Å². The minimum Gasteiger partial charge on any atom is -0.487 e. The summed E-state index contributed by atoms with van der Waals surface area (Å²) in [4.78, 5) is 0. The van der Waals surface area contributed by atoms with Crippen molar-refractivity contribution in [1.82, 2.24) is 0 Å².